The van der Waals surface area contributed by atoms with Gasteiger partial charge in [-0.25, -0.2) is 0 Å². The van der Waals surface area contributed by atoms with Crippen LogP contribution in [0.15, 0.2) is 0 Å². The molecule has 0 aliphatic carbocycles. The van der Waals surface area contributed by atoms with E-state index in [4.69, 9.17) is 0 Å². The molecule has 2 rings (SSSR count). The van der Waals surface area contributed by atoms with Gasteiger partial charge in [-0.1, -0.05) is 0 Å². The van der Waals surface area contributed by atoms with Crippen LogP contribution in [0.5, 0.6) is 0 Å². The summed E-state index contributed by atoms with van der Waals surface area (Å²) in [4.78, 5) is 0. The summed E-state index contributed by atoms with van der Waals surface area (Å²) in [6.07, 6.45) is 3.82. The molecule has 1 atom stereocenters. The fourth-order valence-corrected chi connectivity index (χ4v) is 2.46. The van der Waals surface area contributed by atoms with Crippen LogP contribution in [0.4, 0.5) is 0 Å². The van der Waals surface area contributed by atoms with E-state index in [2.05, 4.69) is 31.3 Å². The third-order valence-corrected chi connectivity index (χ3v) is 3.62. The highest BCUT2D eigenvalue weighted by molar-refractivity contribution is 5.23. The maximum atomic E-state index is 4.46. The number of hydrogen-bond acceptors (Lipinski definition) is 2. The van der Waals surface area contributed by atoms with Gasteiger partial charge < -0.3 is 5.32 Å². The molecule has 1 saturated heterocycles. The van der Waals surface area contributed by atoms with Crippen LogP contribution in [0.2, 0.25) is 0 Å². The van der Waals surface area contributed by atoms with E-state index < -0.39 is 0 Å². The first-order valence-electron chi connectivity index (χ1n) is 5.88. The minimum Gasteiger partial charge on any atom is -0.316 e. The van der Waals surface area contributed by atoms with Crippen molar-refractivity contribution in [3.8, 4) is 0 Å². The molecule has 1 unspecified atom stereocenters. The predicted octanol–water partition coefficient (Wildman–Crippen LogP) is 1.58. The van der Waals surface area contributed by atoms with Gasteiger partial charge in [0.1, 0.15) is 0 Å². The van der Waals surface area contributed by atoms with E-state index in [-0.39, 0.29) is 0 Å². The molecule has 1 fully saturated rings. The lowest BCUT2D eigenvalue weighted by molar-refractivity contribution is 0.519. The van der Waals surface area contributed by atoms with Gasteiger partial charge in [-0.15, -0.1) is 0 Å². The van der Waals surface area contributed by atoms with Gasteiger partial charge in [-0.3, -0.25) is 4.68 Å². The Hall–Kier alpha value is -0.830. The molecule has 3 nitrogen and oxygen atoms in total. The van der Waals surface area contributed by atoms with E-state index in [9.17, 15) is 0 Å². The van der Waals surface area contributed by atoms with Crippen molar-refractivity contribution in [3.63, 3.8) is 0 Å². The lowest BCUT2D eigenvalue weighted by Crippen LogP contribution is -2.10. The summed E-state index contributed by atoms with van der Waals surface area (Å²) in [6, 6.07) is 0. The molecule has 1 aromatic heterocycles. The highest BCUT2D eigenvalue weighted by atomic mass is 15.3. The summed E-state index contributed by atoms with van der Waals surface area (Å²) in [5, 5.41) is 7.88. The number of nitrogens with one attached hydrogen (secondary N) is 1. The van der Waals surface area contributed by atoms with Gasteiger partial charge in [-0.05, 0) is 57.7 Å². The van der Waals surface area contributed by atoms with E-state index in [1.807, 2.05) is 4.68 Å². The predicted molar refractivity (Wildman–Crippen MR) is 62.0 cm³/mol. The lowest BCUT2D eigenvalue weighted by Gasteiger charge is -2.08. The van der Waals surface area contributed by atoms with Crippen molar-refractivity contribution < 1.29 is 0 Å². The molecule has 0 amide bonds. The van der Waals surface area contributed by atoms with E-state index >= 15 is 0 Å². The molecule has 1 aliphatic heterocycles. The van der Waals surface area contributed by atoms with Crippen molar-refractivity contribution in [1.82, 2.24) is 15.1 Å². The Morgan fingerprint density at radius 1 is 1.47 bits per heavy atom. The molecule has 0 aromatic carbocycles. The molecule has 1 N–H and O–H groups in total. The molecule has 1 aromatic rings. The van der Waals surface area contributed by atoms with Gasteiger partial charge in [0.05, 0.1) is 5.69 Å². The molecule has 0 bridgehead atoms. The number of hydrogen-bond donors (Lipinski definition) is 1. The van der Waals surface area contributed by atoms with E-state index in [0.717, 1.165) is 5.92 Å². The molecule has 0 saturated carbocycles. The Balaban J connectivity index is 1.97. The Kier molecular flexibility index (Phi) is 3.10. The topological polar surface area (TPSA) is 29.9 Å². The van der Waals surface area contributed by atoms with E-state index in [1.54, 1.807) is 0 Å². The largest absolute Gasteiger partial charge is 0.316 e. The first kappa shape index (κ1) is 10.7. The summed E-state index contributed by atoms with van der Waals surface area (Å²) in [5.74, 6) is 0.875. The smallest absolute Gasteiger partial charge is 0.0625 e. The molecule has 2 heterocycles. The molecule has 0 radical (unpaired) electrons. The fraction of sp³-hybridized carbons (Fsp3) is 0.750. The van der Waals surface area contributed by atoms with Gasteiger partial charge in [0, 0.05) is 12.7 Å². The van der Waals surface area contributed by atoms with Crippen LogP contribution in [0.3, 0.4) is 0 Å². The normalized spacial score (nSPS) is 21.1. The zero-order valence-electron chi connectivity index (χ0n) is 10.0. The summed E-state index contributed by atoms with van der Waals surface area (Å²) in [6.45, 7) is 6.68. The van der Waals surface area contributed by atoms with Gasteiger partial charge in [0.15, 0.2) is 0 Å². The summed E-state index contributed by atoms with van der Waals surface area (Å²) in [5.41, 5.74) is 3.97. The van der Waals surface area contributed by atoms with Crippen molar-refractivity contribution in [2.75, 3.05) is 13.1 Å². The molecular weight excluding hydrogens is 186 g/mol. The van der Waals surface area contributed by atoms with Crippen molar-refractivity contribution in [2.24, 2.45) is 13.0 Å². The van der Waals surface area contributed by atoms with Crippen LogP contribution in [-0.2, 0) is 13.5 Å². The number of aryl methyl sites for hydroxylation is 2. The first-order chi connectivity index (χ1) is 7.18. The summed E-state index contributed by atoms with van der Waals surface area (Å²) in [7, 11) is 2.06. The zero-order valence-corrected chi connectivity index (χ0v) is 10.0. The molecular formula is C12H21N3. The maximum absolute atomic E-state index is 4.46. The molecule has 1 aliphatic rings. The van der Waals surface area contributed by atoms with Crippen LogP contribution in [0.25, 0.3) is 0 Å². The zero-order chi connectivity index (χ0) is 10.8. The van der Waals surface area contributed by atoms with E-state index in [1.165, 1.54) is 49.3 Å². The lowest BCUT2D eigenvalue weighted by atomic mass is 10.00. The van der Waals surface area contributed by atoms with Crippen LogP contribution in [-0.4, -0.2) is 22.9 Å². The third-order valence-electron chi connectivity index (χ3n) is 3.62. The second-order valence-corrected chi connectivity index (χ2v) is 4.68. The Labute approximate surface area is 91.9 Å². The third kappa shape index (κ3) is 2.23. The second kappa shape index (κ2) is 4.35. The van der Waals surface area contributed by atoms with Gasteiger partial charge >= 0.3 is 0 Å². The average Bonchev–Trinajstić information content (AvgIpc) is 2.76. The molecule has 15 heavy (non-hydrogen) atoms. The van der Waals surface area contributed by atoms with Gasteiger partial charge in [-0.2, -0.15) is 5.10 Å². The first-order valence-corrected chi connectivity index (χ1v) is 5.88. The van der Waals surface area contributed by atoms with Crippen LogP contribution >= 0.6 is 0 Å². The molecule has 3 heteroatoms. The SMILES string of the molecule is Cc1nn(C)c(CCC2CCNC2)c1C. The number of rotatable bonds is 3. The average molecular weight is 207 g/mol. The highest BCUT2D eigenvalue weighted by Gasteiger charge is 2.16. The minimum absolute atomic E-state index is 0.875. The Bertz CT molecular complexity index is 335. The van der Waals surface area contributed by atoms with Crippen LogP contribution in [0.1, 0.15) is 29.8 Å². The highest BCUT2D eigenvalue weighted by Crippen LogP contribution is 2.19. The quantitative estimate of drug-likeness (QED) is 0.815. The minimum atomic E-state index is 0.875. The van der Waals surface area contributed by atoms with Crippen LogP contribution in [0, 0.1) is 19.8 Å². The molecule has 0 spiro atoms. The van der Waals surface area contributed by atoms with Crippen molar-refractivity contribution in [1.29, 1.82) is 0 Å². The summed E-state index contributed by atoms with van der Waals surface area (Å²) >= 11 is 0. The van der Waals surface area contributed by atoms with Crippen LogP contribution < -0.4 is 5.32 Å². The van der Waals surface area contributed by atoms with Crippen molar-refractivity contribution >= 4 is 0 Å². The number of aromatic nitrogens is 2. The summed E-state index contributed by atoms with van der Waals surface area (Å²) < 4.78 is 2.05. The fourth-order valence-electron chi connectivity index (χ4n) is 2.46. The maximum Gasteiger partial charge on any atom is 0.0625 e. The Morgan fingerprint density at radius 3 is 2.80 bits per heavy atom. The monoisotopic (exact) mass is 207 g/mol. The van der Waals surface area contributed by atoms with Gasteiger partial charge in [0.2, 0.25) is 0 Å². The second-order valence-electron chi connectivity index (χ2n) is 4.68. The standard InChI is InChI=1S/C12H21N3/c1-9-10(2)14-15(3)12(9)5-4-11-6-7-13-8-11/h11,13H,4-8H2,1-3H3. The number of nitrogens with zero attached hydrogens (tertiary/aromatic N) is 2. The molecule has 84 valence electrons. The van der Waals surface area contributed by atoms with E-state index in [0.29, 0.717) is 0 Å². The van der Waals surface area contributed by atoms with Crippen molar-refractivity contribution in [2.45, 2.75) is 33.1 Å². The van der Waals surface area contributed by atoms with Gasteiger partial charge in [0.25, 0.3) is 0 Å². The Morgan fingerprint density at radius 2 is 2.27 bits per heavy atom. The van der Waals surface area contributed by atoms with Crippen molar-refractivity contribution in [3.05, 3.63) is 17.0 Å².